The van der Waals surface area contributed by atoms with Crippen LogP contribution in [-0.4, -0.2) is 24.1 Å². The highest BCUT2D eigenvalue weighted by molar-refractivity contribution is 7.80. The smallest absolute Gasteiger partial charge is 0.227 e. The molecule has 1 aliphatic rings. The van der Waals surface area contributed by atoms with Crippen LogP contribution in [0.3, 0.4) is 0 Å². The number of ether oxygens (including phenoxy) is 1. The lowest BCUT2D eigenvalue weighted by Crippen LogP contribution is -2.29. The molecular formula is C13H15ClN2O2S. The van der Waals surface area contributed by atoms with Crippen molar-refractivity contribution in [2.24, 2.45) is 11.7 Å². The first-order chi connectivity index (χ1) is 9.08. The molecule has 3 N–H and O–H groups in total. The summed E-state index contributed by atoms with van der Waals surface area (Å²) >= 11 is 10.9. The standard InChI is InChI=1S/C13H15ClN2O2S/c14-9-1-2-10(12(15)19)11(7-9)16-13(17)8-3-5-18-6-4-8/h1-2,7-8H,3-6H2,(H2,15,19)(H,16,17). The van der Waals surface area contributed by atoms with E-state index in [0.717, 1.165) is 12.8 Å². The minimum Gasteiger partial charge on any atom is -0.389 e. The van der Waals surface area contributed by atoms with E-state index in [2.05, 4.69) is 5.32 Å². The summed E-state index contributed by atoms with van der Waals surface area (Å²) in [5, 5.41) is 3.39. The summed E-state index contributed by atoms with van der Waals surface area (Å²) in [7, 11) is 0. The highest BCUT2D eigenvalue weighted by Crippen LogP contribution is 2.23. The summed E-state index contributed by atoms with van der Waals surface area (Å²) in [5.41, 5.74) is 6.83. The normalized spacial score (nSPS) is 16.1. The maximum absolute atomic E-state index is 12.2. The average molecular weight is 299 g/mol. The number of thiocarbonyl (C=S) groups is 1. The van der Waals surface area contributed by atoms with Crippen molar-refractivity contribution in [1.82, 2.24) is 0 Å². The fourth-order valence-corrected chi connectivity index (χ4v) is 2.38. The van der Waals surface area contributed by atoms with E-state index < -0.39 is 0 Å². The highest BCUT2D eigenvalue weighted by Gasteiger charge is 2.22. The van der Waals surface area contributed by atoms with E-state index in [9.17, 15) is 4.79 Å². The number of carbonyl (C=O) groups is 1. The number of amides is 1. The van der Waals surface area contributed by atoms with Crippen molar-refractivity contribution in [1.29, 1.82) is 0 Å². The molecule has 1 saturated heterocycles. The number of benzene rings is 1. The van der Waals surface area contributed by atoms with Gasteiger partial charge in [0.25, 0.3) is 0 Å². The largest absolute Gasteiger partial charge is 0.389 e. The zero-order chi connectivity index (χ0) is 13.8. The van der Waals surface area contributed by atoms with Crippen molar-refractivity contribution < 1.29 is 9.53 Å². The van der Waals surface area contributed by atoms with E-state index in [4.69, 9.17) is 34.3 Å². The lowest BCUT2D eigenvalue weighted by molar-refractivity contribution is -0.122. The molecule has 0 atom stereocenters. The molecule has 1 fully saturated rings. The zero-order valence-electron chi connectivity index (χ0n) is 10.3. The van der Waals surface area contributed by atoms with Gasteiger partial charge in [0.05, 0.1) is 5.69 Å². The molecule has 0 aromatic heterocycles. The van der Waals surface area contributed by atoms with Gasteiger partial charge in [-0.25, -0.2) is 0 Å². The van der Waals surface area contributed by atoms with Crippen LogP contribution in [0.5, 0.6) is 0 Å². The van der Waals surface area contributed by atoms with Crippen LogP contribution in [0.25, 0.3) is 0 Å². The van der Waals surface area contributed by atoms with Gasteiger partial charge in [0, 0.05) is 29.7 Å². The van der Waals surface area contributed by atoms with Crippen LogP contribution in [0, 0.1) is 5.92 Å². The van der Waals surface area contributed by atoms with Gasteiger partial charge in [0.2, 0.25) is 5.91 Å². The summed E-state index contributed by atoms with van der Waals surface area (Å²) in [6.07, 6.45) is 1.46. The molecule has 0 unspecified atom stereocenters. The molecule has 1 aromatic carbocycles. The van der Waals surface area contributed by atoms with Crippen LogP contribution in [0.4, 0.5) is 5.69 Å². The predicted octanol–water partition coefficient (Wildman–Crippen LogP) is 2.34. The van der Waals surface area contributed by atoms with Crippen molar-refractivity contribution >= 4 is 40.4 Å². The molecule has 2 rings (SSSR count). The van der Waals surface area contributed by atoms with Crippen LogP contribution in [-0.2, 0) is 9.53 Å². The third-order valence-corrected chi connectivity index (χ3v) is 3.55. The molecule has 0 bridgehead atoms. The molecule has 0 radical (unpaired) electrons. The summed E-state index contributed by atoms with van der Waals surface area (Å²) in [5.74, 6) is -0.0741. The Bertz CT molecular complexity index is 501. The summed E-state index contributed by atoms with van der Waals surface area (Å²) in [6.45, 7) is 1.24. The fraction of sp³-hybridized carbons (Fsp3) is 0.385. The molecule has 1 aromatic rings. The number of halogens is 1. The Morgan fingerprint density at radius 3 is 2.74 bits per heavy atom. The lowest BCUT2D eigenvalue weighted by Gasteiger charge is -2.22. The molecule has 0 spiro atoms. The zero-order valence-corrected chi connectivity index (χ0v) is 11.9. The molecule has 0 saturated carbocycles. The van der Waals surface area contributed by atoms with E-state index in [1.54, 1.807) is 18.2 Å². The fourth-order valence-electron chi connectivity index (χ4n) is 2.03. The van der Waals surface area contributed by atoms with Crippen molar-refractivity contribution in [3.63, 3.8) is 0 Å². The van der Waals surface area contributed by atoms with Crippen LogP contribution < -0.4 is 11.1 Å². The van der Waals surface area contributed by atoms with E-state index in [-0.39, 0.29) is 16.8 Å². The van der Waals surface area contributed by atoms with Crippen LogP contribution >= 0.6 is 23.8 Å². The number of hydrogen-bond acceptors (Lipinski definition) is 3. The minimum absolute atomic E-state index is 0.0353. The Kier molecular flexibility index (Phi) is 4.74. The Morgan fingerprint density at radius 1 is 1.42 bits per heavy atom. The maximum Gasteiger partial charge on any atom is 0.227 e. The Morgan fingerprint density at radius 2 is 2.11 bits per heavy atom. The molecule has 19 heavy (non-hydrogen) atoms. The average Bonchev–Trinajstić information content (AvgIpc) is 2.39. The first kappa shape index (κ1) is 14.2. The molecule has 1 aliphatic heterocycles. The van der Waals surface area contributed by atoms with Gasteiger partial charge in [0.15, 0.2) is 0 Å². The molecule has 4 nitrogen and oxygen atoms in total. The number of nitrogens with one attached hydrogen (secondary N) is 1. The summed E-state index contributed by atoms with van der Waals surface area (Å²) in [6, 6.07) is 5.07. The molecule has 102 valence electrons. The number of nitrogens with two attached hydrogens (primary N) is 1. The van der Waals surface area contributed by atoms with E-state index in [0.29, 0.717) is 29.5 Å². The second-order valence-corrected chi connectivity index (χ2v) is 5.31. The van der Waals surface area contributed by atoms with E-state index in [1.807, 2.05) is 0 Å². The van der Waals surface area contributed by atoms with Gasteiger partial charge in [0.1, 0.15) is 4.99 Å². The van der Waals surface area contributed by atoms with Crippen molar-refractivity contribution in [2.75, 3.05) is 18.5 Å². The van der Waals surface area contributed by atoms with Crippen LogP contribution in [0.15, 0.2) is 18.2 Å². The summed E-state index contributed by atoms with van der Waals surface area (Å²) < 4.78 is 5.24. The third-order valence-electron chi connectivity index (χ3n) is 3.10. The quantitative estimate of drug-likeness (QED) is 0.841. The molecule has 0 aliphatic carbocycles. The number of carbonyl (C=O) groups excluding carboxylic acids is 1. The monoisotopic (exact) mass is 298 g/mol. The van der Waals surface area contributed by atoms with Gasteiger partial charge in [-0.2, -0.15) is 0 Å². The van der Waals surface area contributed by atoms with Crippen molar-refractivity contribution in [3.8, 4) is 0 Å². The van der Waals surface area contributed by atoms with Gasteiger partial charge in [-0.1, -0.05) is 23.8 Å². The second-order valence-electron chi connectivity index (χ2n) is 4.43. The molecule has 1 amide bonds. The number of rotatable bonds is 3. The SMILES string of the molecule is NC(=S)c1ccc(Cl)cc1NC(=O)C1CCOCC1. The maximum atomic E-state index is 12.2. The Hall–Kier alpha value is -1.17. The third kappa shape index (κ3) is 3.65. The Balaban J connectivity index is 2.15. The second kappa shape index (κ2) is 6.32. The van der Waals surface area contributed by atoms with Crippen molar-refractivity contribution in [2.45, 2.75) is 12.8 Å². The topological polar surface area (TPSA) is 64.3 Å². The molecule has 6 heteroatoms. The van der Waals surface area contributed by atoms with Gasteiger partial charge in [-0.3, -0.25) is 4.79 Å². The van der Waals surface area contributed by atoms with Crippen LogP contribution in [0.1, 0.15) is 18.4 Å². The lowest BCUT2D eigenvalue weighted by atomic mass is 9.99. The summed E-state index contributed by atoms with van der Waals surface area (Å²) in [4.78, 5) is 12.4. The molecular weight excluding hydrogens is 284 g/mol. The van der Waals surface area contributed by atoms with E-state index >= 15 is 0 Å². The highest BCUT2D eigenvalue weighted by atomic mass is 35.5. The van der Waals surface area contributed by atoms with Gasteiger partial charge in [-0.05, 0) is 31.0 Å². The van der Waals surface area contributed by atoms with Gasteiger partial charge in [-0.15, -0.1) is 0 Å². The number of hydrogen-bond donors (Lipinski definition) is 2. The first-order valence-electron chi connectivity index (χ1n) is 6.06. The van der Waals surface area contributed by atoms with Crippen molar-refractivity contribution in [3.05, 3.63) is 28.8 Å². The van der Waals surface area contributed by atoms with Gasteiger partial charge >= 0.3 is 0 Å². The number of anilines is 1. The van der Waals surface area contributed by atoms with Gasteiger partial charge < -0.3 is 15.8 Å². The van der Waals surface area contributed by atoms with Crippen LogP contribution in [0.2, 0.25) is 5.02 Å². The first-order valence-corrected chi connectivity index (χ1v) is 6.84. The minimum atomic E-state index is -0.0388. The molecule has 1 heterocycles. The van der Waals surface area contributed by atoms with E-state index in [1.165, 1.54) is 0 Å². The Labute approximate surface area is 122 Å². The predicted molar refractivity (Wildman–Crippen MR) is 79.5 cm³/mol.